The Balaban J connectivity index is 0.00000361. The minimum absolute atomic E-state index is 0. The normalized spacial score (nSPS) is 18.8. The van der Waals surface area contributed by atoms with E-state index < -0.39 is 23.2 Å². The number of hydrogen-bond acceptors (Lipinski definition) is 6. The molecule has 2 aromatic carbocycles. The second-order valence-corrected chi connectivity index (χ2v) is 9.12. The zero-order valence-electron chi connectivity index (χ0n) is 19.9. The highest BCUT2D eigenvalue weighted by molar-refractivity contribution is 5.85. The van der Waals surface area contributed by atoms with Gasteiger partial charge in [-0.2, -0.15) is 18.2 Å². The molecule has 1 aromatic heterocycles. The predicted molar refractivity (Wildman–Crippen MR) is 130 cm³/mol. The van der Waals surface area contributed by atoms with Crippen LogP contribution in [0, 0.1) is 0 Å². The van der Waals surface area contributed by atoms with Gasteiger partial charge >= 0.3 is 6.18 Å². The third-order valence-electron chi connectivity index (χ3n) is 6.64. The van der Waals surface area contributed by atoms with Crippen LogP contribution in [0.1, 0.15) is 43.7 Å². The summed E-state index contributed by atoms with van der Waals surface area (Å²) in [6, 6.07) is 12.5. The minimum atomic E-state index is -4.44. The molecular weight excluding hydrogens is 497 g/mol. The van der Waals surface area contributed by atoms with Crippen molar-refractivity contribution in [3.05, 3.63) is 66.1 Å². The van der Waals surface area contributed by atoms with Gasteiger partial charge in [0.15, 0.2) is 0 Å². The van der Waals surface area contributed by atoms with Crippen molar-refractivity contribution in [2.75, 3.05) is 13.1 Å². The number of likely N-dealkylation sites (tertiary alicyclic amines) is 1. The zero-order chi connectivity index (χ0) is 25.2. The Hall–Kier alpha value is -3.11. The van der Waals surface area contributed by atoms with Crippen LogP contribution in [0.2, 0.25) is 0 Å². The van der Waals surface area contributed by atoms with E-state index in [1.54, 1.807) is 0 Å². The van der Waals surface area contributed by atoms with E-state index in [1.807, 2.05) is 43.0 Å². The lowest BCUT2D eigenvalue weighted by Gasteiger charge is -2.38. The number of carbonyl (C=O) groups excluding carboxylic acids is 1. The fourth-order valence-corrected chi connectivity index (χ4v) is 4.57. The second-order valence-electron chi connectivity index (χ2n) is 9.12. The molecule has 194 valence electrons. The highest BCUT2D eigenvalue weighted by atomic mass is 35.5. The Morgan fingerprint density at radius 3 is 2.58 bits per heavy atom. The van der Waals surface area contributed by atoms with E-state index in [-0.39, 0.29) is 30.2 Å². The van der Waals surface area contributed by atoms with Crippen LogP contribution in [0.3, 0.4) is 0 Å². The highest BCUT2D eigenvalue weighted by Crippen LogP contribution is 2.35. The largest absolute Gasteiger partial charge is 0.489 e. The molecule has 0 aliphatic carbocycles. The maximum Gasteiger partial charge on any atom is 0.416 e. The van der Waals surface area contributed by atoms with Crippen molar-refractivity contribution in [2.45, 2.75) is 50.4 Å². The number of amides is 1. The lowest BCUT2D eigenvalue weighted by molar-refractivity contribution is -0.137. The molecule has 4 rings (SSSR count). The molecule has 1 amide bonds. The molecule has 3 aromatic rings. The molecule has 2 heterocycles. The lowest BCUT2D eigenvalue weighted by atomic mass is 9.84. The first-order valence-corrected chi connectivity index (χ1v) is 11.3. The van der Waals surface area contributed by atoms with Gasteiger partial charge < -0.3 is 15.0 Å². The number of ether oxygens (including phenoxy) is 1. The van der Waals surface area contributed by atoms with Gasteiger partial charge in [0.05, 0.1) is 11.1 Å². The van der Waals surface area contributed by atoms with Crippen LogP contribution in [0.15, 0.2) is 59.4 Å². The molecule has 7 nitrogen and oxygen atoms in total. The van der Waals surface area contributed by atoms with Gasteiger partial charge in [0.2, 0.25) is 18.1 Å². The fraction of sp³-hybridized carbons (Fsp3) is 0.400. The summed E-state index contributed by atoms with van der Waals surface area (Å²) in [5.74, 6) is 0.209. The van der Waals surface area contributed by atoms with Gasteiger partial charge in [-0.25, -0.2) is 0 Å². The van der Waals surface area contributed by atoms with E-state index in [2.05, 4.69) is 10.1 Å². The van der Waals surface area contributed by atoms with E-state index in [4.69, 9.17) is 15.0 Å². The van der Waals surface area contributed by atoms with Crippen LogP contribution in [-0.2, 0) is 11.0 Å². The number of primary amides is 1. The molecule has 0 saturated carbocycles. The molecule has 1 aliphatic rings. The smallest absolute Gasteiger partial charge is 0.416 e. The molecule has 3 atom stereocenters. The summed E-state index contributed by atoms with van der Waals surface area (Å²) in [6.45, 7) is 4.77. The van der Waals surface area contributed by atoms with Gasteiger partial charge in [0.25, 0.3) is 0 Å². The average molecular weight is 525 g/mol. The number of aromatic nitrogens is 2. The van der Waals surface area contributed by atoms with Crippen molar-refractivity contribution >= 4 is 18.3 Å². The summed E-state index contributed by atoms with van der Waals surface area (Å²) in [7, 11) is 0. The standard InChI is InChI=1S/C25H27F3N4O3.ClH/c1-16(17-6-8-18(9-7-17)22-30-15-34-31-22)13-24(2,23(29)33)32-11-10-21(14-32)35-20-5-3-4-19(12-20)25(26,27)28;/h3-9,12,15-16,21H,10-11,13-14H2,1-2H3,(H2,29,33);1H/t16?,21-,24?;/m1./s1. The number of hydrogen-bond donors (Lipinski definition) is 1. The third kappa shape index (κ3) is 5.99. The summed E-state index contributed by atoms with van der Waals surface area (Å²) in [6.07, 6.45) is -2.47. The highest BCUT2D eigenvalue weighted by Gasteiger charge is 2.43. The fourth-order valence-electron chi connectivity index (χ4n) is 4.57. The summed E-state index contributed by atoms with van der Waals surface area (Å²) in [5, 5.41) is 3.83. The minimum Gasteiger partial charge on any atom is -0.489 e. The van der Waals surface area contributed by atoms with Crippen LogP contribution in [0.5, 0.6) is 5.75 Å². The molecule has 2 unspecified atom stereocenters. The first-order valence-electron chi connectivity index (χ1n) is 11.3. The Labute approximate surface area is 213 Å². The molecule has 0 spiro atoms. The van der Waals surface area contributed by atoms with Crippen LogP contribution < -0.4 is 10.5 Å². The summed E-state index contributed by atoms with van der Waals surface area (Å²) < 4.78 is 49.7. The van der Waals surface area contributed by atoms with E-state index in [0.29, 0.717) is 31.8 Å². The summed E-state index contributed by atoms with van der Waals surface area (Å²) in [4.78, 5) is 18.6. The molecule has 1 saturated heterocycles. The van der Waals surface area contributed by atoms with Gasteiger partial charge in [-0.15, -0.1) is 12.4 Å². The topological polar surface area (TPSA) is 94.5 Å². The number of nitrogens with two attached hydrogens (primary N) is 1. The predicted octanol–water partition coefficient (Wildman–Crippen LogP) is 5.07. The average Bonchev–Trinajstić information content (AvgIpc) is 3.51. The van der Waals surface area contributed by atoms with Crippen LogP contribution in [-0.4, -0.2) is 45.7 Å². The number of benzene rings is 2. The number of rotatable bonds is 8. The van der Waals surface area contributed by atoms with E-state index in [1.165, 1.54) is 18.5 Å². The Kier molecular flexibility index (Phi) is 8.30. The molecule has 0 radical (unpaired) electrons. The van der Waals surface area contributed by atoms with Crippen molar-refractivity contribution in [2.24, 2.45) is 5.73 Å². The van der Waals surface area contributed by atoms with Crippen LogP contribution in [0.4, 0.5) is 13.2 Å². The Morgan fingerprint density at radius 1 is 1.25 bits per heavy atom. The number of nitrogens with zero attached hydrogens (tertiary/aromatic N) is 3. The maximum absolute atomic E-state index is 13.0. The lowest BCUT2D eigenvalue weighted by Crippen LogP contribution is -2.55. The van der Waals surface area contributed by atoms with Gasteiger partial charge in [0.1, 0.15) is 11.9 Å². The first kappa shape index (κ1) is 27.5. The van der Waals surface area contributed by atoms with Gasteiger partial charge in [-0.1, -0.05) is 42.4 Å². The van der Waals surface area contributed by atoms with Crippen molar-refractivity contribution in [3.8, 4) is 17.1 Å². The second kappa shape index (κ2) is 10.9. The van der Waals surface area contributed by atoms with E-state index in [9.17, 15) is 18.0 Å². The van der Waals surface area contributed by atoms with E-state index >= 15 is 0 Å². The van der Waals surface area contributed by atoms with Gasteiger partial charge in [-0.3, -0.25) is 9.69 Å². The molecule has 1 fully saturated rings. The maximum atomic E-state index is 13.0. The third-order valence-corrected chi connectivity index (χ3v) is 6.64. The number of carbonyl (C=O) groups is 1. The van der Waals surface area contributed by atoms with Crippen molar-refractivity contribution in [3.63, 3.8) is 0 Å². The van der Waals surface area contributed by atoms with Crippen molar-refractivity contribution in [1.29, 1.82) is 0 Å². The van der Waals surface area contributed by atoms with Gasteiger partial charge in [0, 0.05) is 18.7 Å². The SMILES string of the molecule is CC(CC(C)(C(N)=O)N1CC[C@@H](Oc2cccc(C(F)(F)F)c2)C1)c1ccc(-c2ncon2)cc1.Cl. The molecule has 2 N–H and O–H groups in total. The molecule has 36 heavy (non-hydrogen) atoms. The number of alkyl halides is 3. The first-order chi connectivity index (χ1) is 16.6. The monoisotopic (exact) mass is 524 g/mol. The Bertz CT molecular complexity index is 1160. The zero-order valence-corrected chi connectivity index (χ0v) is 20.7. The molecule has 0 bridgehead atoms. The molecular formula is C25H28ClF3N4O3. The van der Waals surface area contributed by atoms with Crippen molar-refractivity contribution in [1.82, 2.24) is 15.0 Å². The van der Waals surface area contributed by atoms with Gasteiger partial charge in [-0.05, 0) is 49.4 Å². The number of halogens is 4. The van der Waals surface area contributed by atoms with Crippen LogP contribution in [0.25, 0.3) is 11.4 Å². The van der Waals surface area contributed by atoms with Crippen molar-refractivity contribution < 1.29 is 27.2 Å². The summed E-state index contributed by atoms with van der Waals surface area (Å²) >= 11 is 0. The quantitative estimate of drug-likeness (QED) is 0.442. The van der Waals surface area contributed by atoms with Crippen LogP contribution >= 0.6 is 12.4 Å². The molecule has 11 heteroatoms. The molecule has 1 aliphatic heterocycles. The van der Waals surface area contributed by atoms with E-state index in [0.717, 1.165) is 23.3 Å². The Morgan fingerprint density at radius 2 is 1.97 bits per heavy atom. The summed E-state index contributed by atoms with van der Waals surface area (Å²) in [5.41, 5.74) is 6.00.